The molecule has 0 saturated carbocycles. The predicted molar refractivity (Wildman–Crippen MR) is 125 cm³/mol. The number of rotatable bonds is 6. The first-order chi connectivity index (χ1) is 16.3. The standard InChI is InChI=1S/C23H20ClFN2O6S/c1-31-18-12-14(13-19(32-2)21(18)33-3)27-23(28)26(22(25)15-8-4-5-9-16(15)24)17-10-6-7-11-20(17)34(27,29)30/h4-13,22H,1-3H3. The first-order valence-electron chi connectivity index (χ1n) is 9.92. The minimum atomic E-state index is -4.42. The average molecular weight is 507 g/mol. The van der Waals surface area contributed by atoms with Crippen LogP contribution in [0.4, 0.5) is 20.6 Å². The number of benzene rings is 3. The summed E-state index contributed by atoms with van der Waals surface area (Å²) in [4.78, 5) is 14.2. The number of anilines is 2. The number of nitrogens with zero attached hydrogens (tertiary/aromatic N) is 2. The van der Waals surface area contributed by atoms with E-state index in [1.807, 2.05) is 0 Å². The Hall–Kier alpha value is -3.50. The first-order valence-corrected chi connectivity index (χ1v) is 11.7. The van der Waals surface area contributed by atoms with Gasteiger partial charge in [0, 0.05) is 22.7 Å². The van der Waals surface area contributed by atoms with Crippen molar-refractivity contribution in [3.63, 3.8) is 0 Å². The summed E-state index contributed by atoms with van der Waals surface area (Å²) < 4.78 is 59.4. The van der Waals surface area contributed by atoms with E-state index in [0.717, 1.165) is 4.90 Å². The van der Waals surface area contributed by atoms with Gasteiger partial charge >= 0.3 is 6.03 Å². The molecule has 1 aliphatic rings. The number of amides is 2. The summed E-state index contributed by atoms with van der Waals surface area (Å²) in [6.07, 6.45) is -2.07. The molecule has 0 aromatic heterocycles. The molecule has 34 heavy (non-hydrogen) atoms. The lowest BCUT2D eigenvalue weighted by atomic mass is 10.1. The minimum Gasteiger partial charge on any atom is -0.493 e. The highest BCUT2D eigenvalue weighted by Crippen LogP contribution is 2.46. The number of hydrogen-bond acceptors (Lipinski definition) is 6. The molecular formula is C23H20ClFN2O6S. The SMILES string of the molecule is COc1cc(N2C(=O)N(C(F)c3ccccc3Cl)c3ccccc3S2(=O)=O)cc(OC)c1OC. The van der Waals surface area contributed by atoms with E-state index in [1.54, 1.807) is 12.1 Å². The Morgan fingerprint density at radius 1 is 0.912 bits per heavy atom. The fourth-order valence-corrected chi connectivity index (χ4v) is 5.52. The van der Waals surface area contributed by atoms with Crippen LogP contribution in [0.15, 0.2) is 65.6 Å². The number of carbonyl (C=O) groups excluding carboxylic acids is 1. The Balaban J connectivity index is 1.96. The van der Waals surface area contributed by atoms with Crippen LogP contribution in [0.25, 0.3) is 0 Å². The molecule has 0 saturated heterocycles. The summed E-state index contributed by atoms with van der Waals surface area (Å²) in [5.41, 5.74) is -0.217. The van der Waals surface area contributed by atoms with Gasteiger partial charge in [-0.2, -0.15) is 4.31 Å². The monoisotopic (exact) mass is 506 g/mol. The lowest BCUT2D eigenvalue weighted by Crippen LogP contribution is -2.51. The average Bonchev–Trinajstić information content (AvgIpc) is 2.83. The molecule has 1 aliphatic heterocycles. The summed E-state index contributed by atoms with van der Waals surface area (Å²) in [5.74, 6) is 0.439. The maximum absolute atomic E-state index is 15.9. The minimum absolute atomic E-state index is 0.0106. The summed E-state index contributed by atoms with van der Waals surface area (Å²) >= 11 is 6.18. The number of alkyl halides is 1. The van der Waals surface area contributed by atoms with Crippen molar-refractivity contribution >= 4 is 39.0 Å². The first kappa shape index (κ1) is 23.7. The van der Waals surface area contributed by atoms with Crippen LogP contribution in [0.1, 0.15) is 11.9 Å². The normalized spacial score (nSPS) is 15.5. The van der Waals surface area contributed by atoms with E-state index >= 15 is 4.39 Å². The van der Waals surface area contributed by atoms with Gasteiger partial charge in [0.05, 0.1) is 32.7 Å². The third-order valence-electron chi connectivity index (χ3n) is 5.30. The lowest BCUT2D eigenvalue weighted by Gasteiger charge is -2.38. The van der Waals surface area contributed by atoms with Crippen molar-refractivity contribution in [3.05, 3.63) is 71.2 Å². The van der Waals surface area contributed by atoms with Crippen molar-refractivity contribution in [2.75, 3.05) is 30.5 Å². The second-order valence-electron chi connectivity index (χ2n) is 7.13. The lowest BCUT2D eigenvalue weighted by molar-refractivity contribution is 0.240. The van der Waals surface area contributed by atoms with Gasteiger partial charge in [-0.3, -0.25) is 4.90 Å². The Kier molecular flexibility index (Phi) is 6.28. The fraction of sp³-hybridized carbons (Fsp3) is 0.174. The van der Waals surface area contributed by atoms with E-state index in [2.05, 4.69) is 0 Å². The number of para-hydroxylation sites is 1. The van der Waals surface area contributed by atoms with Gasteiger partial charge in [-0.25, -0.2) is 17.6 Å². The molecule has 1 atom stereocenters. The predicted octanol–water partition coefficient (Wildman–Crippen LogP) is 5.17. The molecule has 11 heteroatoms. The molecule has 3 aromatic rings. The van der Waals surface area contributed by atoms with Gasteiger partial charge in [-0.15, -0.1) is 0 Å². The van der Waals surface area contributed by atoms with Crippen molar-refractivity contribution in [1.29, 1.82) is 0 Å². The van der Waals surface area contributed by atoms with Gasteiger partial charge in [0.25, 0.3) is 10.0 Å². The van der Waals surface area contributed by atoms with E-state index in [4.69, 9.17) is 25.8 Å². The second-order valence-corrected chi connectivity index (χ2v) is 9.29. The summed E-state index contributed by atoms with van der Waals surface area (Å²) in [5, 5.41) is 0.0908. The van der Waals surface area contributed by atoms with E-state index in [1.165, 1.54) is 69.9 Å². The second kappa shape index (κ2) is 9.03. The summed E-state index contributed by atoms with van der Waals surface area (Å²) in [6.45, 7) is 0. The van der Waals surface area contributed by atoms with E-state index in [-0.39, 0.29) is 44.1 Å². The number of halogens is 2. The molecule has 4 rings (SSSR count). The van der Waals surface area contributed by atoms with Gasteiger partial charge in [0.15, 0.2) is 11.5 Å². The molecule has 1 unspecified atom stereocenters. The van der Waals surface area contributed by atoms with E-state index < -0.39 is 22.4 Å². The zero-order valence-corrected chi connectivity index (χ0v) is 19.9. The summed E-state index contributed by atoms with van der Waals surface area (Å²) in [6, 6.07) is 13.2. The fourth-order valence-electron chi connectivity index (χ4n) is 3.74. The molecule has 8 nitrogen and oxygen atoms in total. The molecule has 3 aromatic carbocycles. The van der Waals surface area contributed by atoms with Crippen LogP contribution in [0.3, 0.4) is 0 Å². The van der Waals surface area contributed by atoms with Gasteiger partial charge in [0.2, 0.25) is 12.0 Å². The van der Waals surface area contributed by atoms with Crippen molar-refractivity contribution in [1.82, 2.24) is 0 Å². The van der Waals surface area contributed by atoms with Crippen LogP contribution >= 0.6 is 11.6 Å². The highest BCUT2D eigenvalue weighted by Gasteiger charge is 2.46. The zero-order valence-electron chi connectivity index (χ0n) is 18.4. The van der Waals surface area contributed by atoms with Crippen molar-refractivity contribution in [2.45, 2.75) is 11.2 Å². The Bertz CT molecular complexity index is 1340. The molecule has 0 radical (unpaired) electrons. The van der Waals surface area contributed by atoms with Crippen molar-refractivity contribution < 1.29 is 31.8 Å². The molecule has 2 amide bonds. The smallest absolute Gasteiger partial charge is 0.345 e. The number of urea groups is 1. The molecule has 1 heterocycles. The zero-order chi connectivity index (χ0) is 24.6. The van der Waals surface area contributed by atoms with E-state index in [9.17, 15) is 13.2 Å². The Morgan fingerprint density at radius 2 is 1.50 bits per heavy atom. The van der Waals surface area contributed by atoms with Gasteiger partial charge in [-0.1, -0.05) is 41.9 Å². The van der Waals surface area contributed by atoms with Gasteiger partial charge in [0.1, 0.15) is 4.90 Å². The number of carbonyl (C=O) groups is 1. The van der Waals surface area contributed by atoms with Crippen molar-refractivity contribution in [3.8, 4) is 17.2 Å². The molecule has 0 spiro atoms. The van der Waals surface area contributed by atoms with Gasteiger partial charge in [-0.05, 0) is 18.2 Å². The topological polar surface area (TPSA) is 85.4 Å². The van der Waals surface area contributed by atoms with E-state index in [0.29, 0.717) is 4.31 Å². The maximum Gasteiger partial charge on any atom is 0.345 e. The van der Waals surface area contributed by atoms with Crippen LogP contribution in [-0.4, -0.2) is 35.8 Å². The van der Waals surface area contributed by atoms with Gasteiger partial charge < -0.3 is 14.2 Å². The molecular weight excluding hydrogens is 487 g/mol. The van der Waals surface area contributed by atoms with Crippen LogP contribution < -0.4 is 23.4 Å². The molecule has 0 N–H and O–H groups in total. The number of hydrogen-bond donors (Lipinski definition) is 0. The highest BCUT2D eigenvalue weighted by molar-refractivity contribution is 7.94. The maximum atomic E-state index is 15.9. The van der Waals surface area contributed by atoms with Crippen LogP contribution in [0, 0.1) is 0 Å². The number of ether oxygens (including phenoxy) is 3. The van der Waals surface area contributed by atoms with Crippen LogP contribution in [0.5, 0.6) is 17.2 Å². The third-order valence-corrected chi connectivity index (χ3v) is 7.39. The van der Waals surface area contributed by atoms with Crippen molar-refractivity contribution in [2.24, 2.45) is 0 Å². The largest absolute Gasteiger partial charge is 0.493 e. The molecule has 0 aliphatic carbocycles. The molecule has 0 fully saturated rings. The van der Waals surface area contributed by atoms with Crippen LogP contribution in [-0.2, 0) is 10.0 Å². The molecule has 178 valence electrons. The summed E-state index contributed by atoms with van der Waals surface area (Å²) in [7, 11) is -0.333. The Labute approximate surface area is 201 Å². The number of methoxy groups -OCH3 is 3. The number of sulfonamides is 1. The Morgan fingerprint density at radius 3 is 2.09 bits per heavy atom. The third kappa shape index (κ3) is 3.68. The molecule has 0 bridgehead atoms. The number of fused-ring (bicyclic) bond motifs is 1. The quantitative estimate of drug-likeness (QED) is 0.429. The highest BCUT2D eigenvalue weighted by atomic mass is 35.5. The van der Waals surface area contributed by atoms with Crippen LogP contribution in [0.2, 0.25) is 5.02 Å².